The molecule has 0 atom stereocenters. The van der Waals surface area contributed by atoms with Gasteiger partial charge in [0, 0.05) is 13.6 Å². The molecule has 0 bridgehead atoms. The molecule has 0 saturated carbocycles. The number of halogens is 1. The van der Waals surface area contributed by atoms with Crippen molar-refractivity contribution in [2.24, 2.45) is 7.05 Å². The molecule has 24 heavy (non-hydrogen) atoms. The van der Waals surface area contributed by atoms with Gasteiger partial charge in [0.25, 0.3) is 0 Å². The van der Waals surface area contributed by atoms with E-state index >= 15 is 0 Å². The van der Waals surface area contributed by atoms with E-state index in [0.717, 1.165) is 41.0 Å². The van der Waals surface area contributed by atoms with Crippen LogP contribution in [-0.2, 0) is 13.6 Å². The number of nitrogens with one attached hydrogen (secondary N) is 1. The lowest BCUT2D eigenvalue weighted by Gasteiger charge is -2.10. The van der Waals surface area contributed by atoms with Gasteiger partial charge in [-0.2, -0.15) is 5.10 Å². The molecule has 0 amide bonds. The van der Waals surface area contributed by atoms with Gasteiger partial charge in [-0.05, 0) is 24.1 Å². The number of hydrogen-bond donors (Lipinski definition) is 1. The summed E-state index contributed by atoms with van der Waals surface area (Å²) in [6.07, 6.45) is 5.41. The minimum atomic E-state index is 0.607. The fraction of sp³-hybridized carbons (Fsp3) is 0.353. The fourth-order valence-corrected chi connectivity index (χ4v) is 2.64. The lowest BCUT2D eigenvalue weighted by Crippen LogP contribution is -2.03. The van der Waals surface area contributed by atoms with E-state index in [1.54, 1.807) is 10.9 Å². The lowest BCUT2D eigenvalue weighted by molar-refractivity contribution is 0.309. The second-order valence-corrected chi connectivity index (χ2v) is 5.96. The topological polar surface area (TPSA) is 64.9 Å². The molecular formula is C17H20ClN5O. The van der Waals surface area contributed by atoms with Crippen molar-refractivity contribution in [3.05, 3.63) is 41.3 Å². The van der Waals surface area contributed by atoms with E-state index in [9.17, 15) is 0 Å². The number of ether oxygens (including phenoxy) is 1. The number of fused-ring (bicyclic) bond motifs is 1. The minimum Gasteiger partial charge on any atom is -0.492 e. The van der Waals surface area contributed by atoms with Crippen LogP contribution in [0.4, 0.5) is 5.82 Å². The molecule has 126 valence electrons. The second kappa shape index (κ2) is 7.49. The van der Waals surface area contributed by atoms with Crippen LogP contribution in [-0.4, -0.2) is 26.4 Å². The van der Waals surface area contributed by atoms with Gasteiger partial charge in [0.2, 0.25) is 0 Å². The van der Waals surface area contributed by atoms with Gasteiger partial charge in [-0.1, -0.05) is 31.0 Å². The molecule has 2 aromatic heterocycles. The molecule has 0 aliphatic carbocycles. The Morgan fingerprint density at radius 1 is 1.29 bits per heavy atom. The number of aromatic nitrogens is 4. The number of unbranched alkanes of at least 4 members (excludes halogenated alkanes) is 1. The van der Waals surface area contributed by atoms with Crippen LogP contribution >= 0.6 is 11.6 Å². The Morgan fingerprint density at radius 2 is 2.17 bits per heavy atom. The summed E-state index contributed by atoms with van der Waals surface area (Å²) in [7, 11) is 1.86. The molecule has 2 heterocycles. The van der Waals surface area contributed by atoms with Crippen LogP contribution in [0.25, 0.3) is 11.0 Å². The van der Waals surface area contributed by atoms with E-state index in [1.165, 1.54) is 6.33 Å². The summed E-state index contributed by atoms with van der Waals surface area (Å²) < 4.78 is 7.40. The first-order valence-corrected chi connectivity index (χ1v) is 8.34. The predicted molar refractivity (Wildman–Crippen MR) is 95.5 cm³/mol. The molecule has 1 aromatic carbocycles. The molecular weight excluding hydrogens is 326 g/mol. The minimum absolute atomic E-state index is 0.607. The molecule has 3 rings (SSSR count). The number of anilines is 1. The van der Waals surface area contributed by atoms with Crippen LogP contribution in [0.3, 0.4) is 0 Å². The highest BCUT2D eigenvalue weighted by molar-refractivity contribution is 6.32. The Kier molecular flexibility index (Phi) is 5.15. The maximum Gasteiger partial charge on any atom is 0.163 e. The number of rotatable bonds is 7. The summed E-state index contributed by atoms with van der Waals surface area (Å²) >= 11 is 6.30. The number of benzene rings is 1. The van der Waals surface area contributed by atoms with Crippen molar-refractivity contribution >= 4 is 28.5 Å². The van der Waals surface area contributed by atoms with Crippen molar-refractivity contribution in [1.82, 2.24) is 19.7 Å². The van der Waals surface area contributed by atoms with E-state index in [-0.39, 0.29) is 0 Å². The van der Waals surface area contributed by atoms with Crippen molar-refractivity contribution in [1.29, 1.82) is 0 Å². The standard InChI is InChI=1S/C17H20ClN5O/c1-3-4-7-24-15-6-5-12(8-14(15)18)9-19-16-13-10-22-23(2)17(13)21-11-20-16/h5-6,8,10-11H,3-4,7,9H2,1-2H3,(H,19,20,21). The van der Waals surface area contributed by atoms with Crippen molar-refractivity contribution in [2.75, 3.05) is 11.9 Å². The number of hydrogen-bond acceptors (Lipinski definition) is 5. The third-order valence-corrected chi connectivity index (χ3v) is 4.04. The molecule has 0 aliphatic rings. The molecule has 1 N–H and O–H groups in total. The predicted octanol–water partition coefficient (Wildman–Crippen LogP) is 3.81. The van der Waals surface area contributed by atoms with E-state index in [0.29, 0.717) is 18.2 Å². The molecule has 3 aromatic rings. The average Bonchev–Trinajstić information content (AvgIpc) is 2.97. The summed E-state index contributed by atoms with van der Waals surface area (Å²) in [6.45, 7) is 3.43. The average molecular weight is 346 g/mol. The van der Waals surface area contributed by atoms with Crippen molar-refractivity contribution in [2.45, 2.75) is 26.3 Å². The maximum atomic E-state index is 6.30. The Balaban J connectivity index is 1.69. The van der Waals surface area contributed by atoms with E-state index in [4.69, 9.17) is 16.3 Å². The highest BCUT2D eigenvalue weighted by Gasteiger charge is 2.08. The first kappa shape index (κ1) is 16.5. The van der Waals surface area contributed by atoms with Crippen LogP contribution < -0.4 is 10.1 Å². The number of nitrogens with zero attached hydrogens (tertiary/aromatic N) is 4. The Morgan fingerprint density at radius 3 is 2.96 bits per heavy atom. The Hall–Kier alpha value is -2.34. The monoisotopic (exact) mass is 345 g/mol. The summed E-state index contributed by atoms with van der Waals surface area (Å²) in [5.74, 6) is 1.48. The Labute approximate surface area is 145 Å². The molecule has 7 heteroatoms. The van der Waals surface area contributed by atoms with Crippen LogP contribution in [0, 0.1) is 0 Å². The summed E-state index contributed by atoms with van der Waals surface area (Å²) in [4.78, 5) is 8.52. The van der Waals surface area contributed by atoms with E-state index in [2.05, 4.69) is 27.3 Å². The lowest BCUT2D eigenvalue weighted by atomic mass is 10.2. The van der Waals surface area contributed by atoms with E-state index in [1.807, 2.05) is 25.2 Å². The smallest absolute Gasteiger partial charge is 0.163 e. The van der Waals surface area contributed by atoms with Gasteiger partial charge >= 0.3 is 0 Å². The highest BCUT2D eigenvalue weighted by atomic mass is 35.5. The third kappa shape index (κ3) is 3.59. The van der Waals surface area contributed by atoms with E-state index < -0.39 is 0 Å². The molecule has 0 radical (unpaired) electrons. The zero-order valence-corrected chi connectivity index (χ0v) is 14.5. The molecule has 0 aliphatic heterocycles. The van der Waals surface area contributed by atoms with Crippen molar-refractivity contribution in [3.63, 3.8) is 0 Å². The molecule has 0 unspecified atom stereocenters. The van der Waals surface area contributed by atoms with Gasteiger partial charge in [-0.15, -0.1) is 0 Å². The van der Waals surface area contributed by atoms with Gasteiger partial charge in [0.1, 0.15) is 17.9 Å². The van der Waals surface area contributed by atoms with Crippen LogP contribution in [0.15, 0.2) is 30.7 Å². The first-order valence-electron chi connectivity index (χ1n) is 7.97. The third-order valence-electron chi connectivity index (χ3n) is 3.74. The largest absolute Gasteiger partial charge is 0.492 e. The van der Waals surface area contributed by atoms with Crippen LogP contribution in [0.2, 0.25) is 5.02 Å². The molecule has 6 nitrogen and oxygen atoms in total. The normalized spacial score (nSPS) is 11.0. The zero-order chi connectivity index (χ0) is 16.9. The summed E-state index contributed by atoms with van der Waals surface area (Å²) in [6, 6.07) is 5.83. The number of aryl methyl sites for hydroxylation is 1. The summed E-state index contributed by atoms with van der Waals surface area (Å²) in [5, 5.41) is 9.04. The van der Waals surface area contributed by atoms with Gasteiger partial charge in [0.15, 0.2) is 5.65 Å². The van der Waals surface area contributed by atoms with Gasteiger partial charge in [-0.3, -0.25) is 4.68 Å². The van der Waals surface area contributed by atoms with Gasteiger partial charge < -0.3 is 10.1 Å². The fourth-order valence-electron chi connectivity index (χ4n) is 2.39. The quantitative estimate of drug-likeness (QED) is 0.660. The molecule has 0 spiro atoms. The zero-order valence-electron chi connectivity index (χ0n) is 13.8. The van der Waals surface area contributed by atoms with Crippen molar-refractivity contribution < 1.29 is 4.74 Å². The van der Waals surface area contributed by atoms with Gasteiger partial charge in [0.05, 0.1) is 23.2 Å². The molecule has 0 saturated heterocycles. The first-order chi connectivity index (χ1) is 11.7. The second-order valence-electron chi connectivity index (χ2n) is 5.55. The molecule has 0 fully saturated rings. The summed E-state index contributed by atoms with van der Waals surface area (Å²) in [5.41, 5.74) is 1.85. The Bertz CT molecular complexity index is 833. The van der Waals surface area contributed by atoms with Crippen molar-refractivity contribution in [3.8, 4) is 5.75 Å². The SMILES string of the molecule is CCCCOc1ccc(CNc2ncnc3c2cnn3C)cc1Cl. The maximum absolute atomic E-state index is 6.30. The van der Waals surface area contributed by atoms with Gasteiger partial charge in [-0.25, -0.2) is 9.97 Å². The van der Waals surface area contributed by atoms with Crippen LogP contribution in [0.1, 0.15) is 25.3 Å². The highest BCUT2D eigenvalue weighted by Crippen LogP contribution is 2.26. The van der Waals surface area contributed by atoms with Crippen LogP contribution in [0.5, 0.6) is 5.75 Å².